The van der Waals surface area contributed by atoms with Crippen LogP contribution in [-0.2, 0) is 0 Å². The fourth-order valence-corrected chi connectivity index (χ4v) is 2.95. The number of hydrogen-bond acceptors (Lipinski definition) is 2. The Morgan fingerprint density at radius 1 is 1.17 bits per heavy atom. The van der Waals surface area contributed by atoms with Crippen molar-refractivity contribution in [2.24, 2.45) is 0 Å². The second-order valence-electron chi connectivity index (χ2n) is 5.50. The van der Waals surface area contributed by atoms with E-state index in [4.69, 9.17) is 0 Å². The normalized spacial score (nSPS) is 20.1. The second-order valence-corrected chi connectivity index (χ2v) is 5.50. The molecule has 1 heterocycles. The molecule has 120 valence electrons. The molecule has 1 aliphatic rings. The Morgan fingerprint density at radius 3 is 2.43 bits per heavy atom. The highest BCUT2D eigenvalue weighted by atomic mass is 16.4. The van der Waals surface area contributed by atoms with Crippen molar-refractivity contribution < 1.29 is 14.7 Å². The summed E-state index contributed by atoms with van der Waals surface area (Å²) in [6, 6.07) is 6.21. The molecule has 0 fully saturated rings. The molecule has 4 heteroatoms. The number of rotatable bonds is 6. The van der Waals surface area contributed by atoms with Gasteiger partial charge in [-0.3, -0.25) is 4.79 Å². The maximum atomic E-state index is 13.1. The number of aromatic carboxylic acids is 1. The van der Waals surface area contributed by atoms with Gasteiger partial charge >= 0.3 is 5.97 Å². The zero-order valence-electron chi connectivity index (χ0n) is 13.0. The molecule has 0 radical (unpaired) electrons. The number of nitrogens with zero attached hydrogens (tertiary/aromatic N) is 1. The first-order valence-electron chi connectivity index (χ1n) is 7.63. The molecule has 2 rings (SSSR count). The Labute approximate surface area is 136 Å². The van der Waals surface area contributed by atoms with Crippen molar-refractivity contribution >= 4 is 11.9 Å². The summed E-state index contributed by atoms with van der Waals surface area (Å²) in [4.78, 5) is 26.2. The highest BCUT2D eigenvalue weighted by Crippen LogP contribution is 2.26. The highest BCUT2D eigenvalue weighted by Gasteiger charge is 2.32. The molecular formula is C19H21NO3. The standard InChI is InChI=1S/C19H21NO3/c1-3-8-14-10-7-11-15(9-4-2)20(14)18(21)16-12-5-6-13-17(16)19(22)23/h3-7,10,12-15H,1-2,8-9,11H2,(H,22,23). The monoisotopic (exact) mass is 311 g/mol. The van der Waals surface area contributed by atoms with Crippen LogP contribution in [0.3, 0.4) is 0 Å². The van der Waals surface area contributed by atoms with Crippen molar-refractivity contribution in [2.45, 2.75) is 31.3 Å². The Balaban J connectivity index is 2.43. The number of carboxylic acid groups (broad SMARTS) is 1. The van der Waals surface area contributed by atoms with E-state index in [1.807, 2.05) is 6.08 Å². The van der Waals surface area contributed by atoms with Crippen molar-refractivity contribution in [3.63, 3.8) is 0 Å². The van der Waals surface area contributed by atoms with Crippen LogP contribution in [0.25, 0.3) is 0 Å². The molecular weight excluding hydrogens is 290 g/mol. The van der Waals surface area contributed by atoms with Crippen LogP contribution in [0, 0.1) is 0 Å². The third-order valence-corrected chi connectivity index (χ3v) is 3.99. The predicted molar refractivity (Wildman–Crippen MR) is 90.5 cm³/mol. The van der Waals surface area contributed by atoms with E-state index < -0.39 is 5.97 Å². The number of carboxylic acids is 1. The lowest BCUT2D eigenvalue weighted by Crippen LogP contribution is -2.48. The van der Waals surface area contributed by atoms with Gasteiger partial charge < -0.3 is 10.0 Å². The lowest BCUT2D eigenvalue weighted by atomic mass is 9.95. The molecule has 0 saturated heterocycles. The summed E-state index contributed by atoms with van der Waals surface area (Å²) in [6.45, 7) is 7.51. The largest absolute Gasteiger partial charge is 0.478 e. The SMILES string of the molecule is C=CCC1C=CCC(CC=C)N1C(=O)c1ccccc1C(=O)O. The molecule has 0 aromatic heterocycles. The molecule has 23 heavy (non-hydrogen) atoms. The number of carbonyl (C=O) groups excluding carboxylic acids is 1. The van der Waals surface area contributed by atoms with Crippen molar-refractivity contribution in [2.75, 3.05) is 0 Å². The lowest BCUT2D eigenvalue weighted by Gasteiger charge is -2.39. The first-order chi connectivity index (χ1) is 11.1. The molecule has 0 saturated carbocycles. The van der Waals surface area contributed by atoms with Crippen LogP contribution in [0.4, 0.5) is 0 Å². The van der Waals surface area contributed by atoms with Gasteiger partial charge in [-0.1, -0.05) is 36.4 Å². The summed E-state index contributed by atoms with van der Waals surface area (Å²) in [5, 5.41) is 9.33. The minimum Gasteiger partial charge on any atom is -0.478 e. The molecule has 1 N–H and O–H groups in total. The summed E-state index contributed by atoms with van der Waals surface area (Å²) < 4.78 is 0. The van der Waals surface area contributed by atoms with Crippen LogP contribution >= 0.6 is 0 Å². The molecule has 0 spiro atoms. The zero-order chi connectivity index (χ0) is 16.8. The first kappa shape index (κ1) is 16.7. The topological polar surface area (TPSA) is 57.6 Å². The van der Waals surface area contributed by atoms with Crippen molar-refractivity contribution in [1.82, 2.24) is 4.90 Å². The zero-order valence-corrected chi connectivity index (χ0v) is 13.0. The molecule has 0 aliphatic carbocycles. The van der Waals surface area contributed by atoms with Gasteiger partial charge in [-0.2, -0.15) is 0 Å². The Hall–Kier alpha value is -2.62. The van der Waals surface area contributed by atoms with Gasteiger partial charge in [-0.25, -0.2) is 4.79 Å². The Kier molecular flexibility index (Phi) is 5.52. The number of amides is 1. The maximum absolute atomic E-state index is 13.1. The second kappa shape index (κ2) is 7.58. The van der Waals surface area contributed by atoms with Crippen LogP contribution in [-0.4, -0.2) is 34.0 Å². The summed E-state index contributed by atoms with van der Waals surface area (Å²) in [6.07, 6.45) is 9.65. The van der Waals surface area contributed by atoms with E-state index in [0.29, 0.717) is 12.8 Å². The number of benzene rings is 1. The minimum atomic E-state index is -1.10. The van der Waals surface area contributed by atoms with Gasteiger partial charge in [-0.05, 0) is 31.4 Å². The lowest BCUT2D eigenvalue weighted by molar-refractivity contribution is 0.0590. The molecule has 1 aromatic rings. The van der Waals surface area contributed by atoms with Gasteiger partial charge in [0.25, 0.3) is 5.91 Å². The fourth-order valence-electron chi connectivity index (χ4n) is 2.95. The summed E-state index contributed by atoms with van der Waals surface area (Å²) >= 11 is 0. The molecule has 4 nitrogen and oxygen atoms in total. The summed E-state index contributed by atoms with van der Waals surface area (Å²) in [5.74, 6) is -1.35. The van der Waals surface area contributed by atoms with Crippen molar-refractivity contribution in [1.29, 1.82) is 0 Å². The summed E-state index contributed by atoms with van der Waals surface area (Å²) in [7, 11) is 0. The molecule has 2 unspecified atom stereocenters. The van der Waals surface area contributed by atoms with Gasteiger partial charge in [0, 0.05) is 6.04 Å². The molecule has 1 aromatic carbocycles. The minimum absolute atomic E-state index is 0.0169. The van der Waals surface area contributed by atoms with Crippen LogP contribution in [0.1, 0.15) is 40.0 Å². The molecule has 1 aliphatic heterocycles. The average molecular weight is 311 g/mol. The van der Waals surface area contributed by atoms with Crippen molar-refractivity contribution in [3.05, 3.63) is 72.9 Å². The molecule has 1 amide bonds. The van der Waals surface area contributed by atoms with Crippen LogP contribution < -0.4 is 0 Å². The molecule has 0 bridgehead atoms. The van der Waals surface area contributed by atoms with Crippen LogP contribution in [0.2, 0.25) is 0 Å². The van der Waals surface area contributed by atoms with Gasteiger partial charge in [-0.15, -0.1) is 13.2 Å². The number of carbonyl (C=O) groups is 2. The van der Waals surface area contributed by atoms with E-state index >= 15 is 0 Å². The van der Waals surface area contributed by atoms with Crippen LogP contribution in [0.5, 0.6) is 0 Å². The maximum Gasteiger partial charge on any atom is 0.336 e. The third-order valence-electron chi connectivity index (χ3n) is 3.99. The van der Waals surface area contributed by atoms with Gasteiger partial charge in [0.15, 0.2) is 0 Å². The van der Waals surface area contributed by atoms with Crippen molar-refractivity contribution in [3.8, 4) is 0 Å². The van der Waals surface area contributed by atoms with E-state index in [9.17, 15) is 14.7 Å². The van der Waals surface area contributed by atoms with Gasteiger partial charge in [0.1, 0.15) is 0 Å². The van der Waals surface area contributed by atoms with Gasteiger partial charge in [0.05, 0.1) is 17.2 Å². The highest BCUT2D eigenvalue weighted by molar-refractivity contribution is 6.05. The smallest absolute Gasteiger partial charge is 0.336 e. The predicted octanol–water partition coefficient (Wildman–Crippen LogP) is 3.68. The Bertz CT molecular complexity index is 648. The van der Waals surface area contributed by atoms with Crippen LogP contribution in [0.15, 0.2) is 61.7 Å². The summed E-state index contributed by atoms with van der Waals surface area (Å²) in [5.41, 5.74) is 0.250. The third kappa shape index (κ3) is 3.59. The van der Waals surface area contributed by atoms with E-state index in [0.717, 1.165) is 6.42 Å². The average Bonchev–Trinajstić information content (AvgIpc) is 2.55. The van der Waals surface area contributed by atoms with E-state index in [1.54, 1.807) is 35.3 Å². The first-order valence-corrected chi connectivity index (χ1v) is 7.63. The van der Waals surface area contributed by atoms with E-state index in [2.05, 4.69) is 19.2 Å². The Morgan fingerprint density at radius 2 is 1.83 bits per heavy atom. The quantitative estimate of drug-likeness (QED) is 0.815. The van der Waals surface area contributed by atoms with Gasteiger partial charge in [0.2, 0.25) is 0 Å². The number of hydrogen-bond donors (Lipinski definition) is 1. The van der Waals surface area contributed by atoms with E-state index in [-0.39, 0.29) is 29.1 Å². The molecule has 2 atom stereocenters. The fraction of sp³-hybridized carbons (Fsp3) is 0.263. The van der Waals surface area contributed by atoms with E-state index in [1.165, 1.54) is 6.07 Å².